The topological polar surface area (TPSA) is 26.7 Å². The van der Waals surface area contributed by atoms with Crippen LogP contribution in [0.4, 0.5) is 0 Å². The third-order valence-electron chi connectivity index (χ3n) is 4.16. The van der Waals surface area contributed by atoms with E-state index < -0.39 is 0 Å². The van der Waals surface area contributed by atoms with Gasteiger partial charge in [0.1, 0.15) is 0 Å². The largest absolute Gasteiger partial charge is 0.395 e. The molecular formula is C17H28N2O. The quantitative estimate of drug-likeness (QED) is 0.787. The van der Waals surface area contributed by atoms with Gasteiger partial charge in [-0.1, -0.05) is 36.8 Å². The number of likely N-dealkylation sites (tertiary alicyclic amines) is 1. The zero-order valence-electron chi connectivity index (χ0n) is 12.5. The minimum Gasteiger partial charge on any atom is -0.395 e. The van der Waals surface area contributed by atoms with Crippen molar-refractivity contribution in [3.05, 3.63) is 35.9 Å². The Morgan fingerprint density at radius 1 is 0.950 bits per heavy atom. The first-order valence-electron chi connectivity index (χ1n) is 7.98. The van der Waals surface area contributed by atoms with Crippen molar-refractivity contribution in [2.24, 2.45) is 0 Å². The lowest BCUT2D eigenvalue weighted by Gasteiger charge is -2.29. The predicted molar refractivity (Wildman–Crippen MR) is 84.0 cm³/mol. The van der Waals surface area contributed by atoms with Crippen molar-refractivity contribution in [3.8, 4) is 0 Å². The smallest absolute Gasteiger partial charge is 0.0558 e. The monoisotopic (exact) mass is 276 g/mol. The highest BCUT2D eigenvalue weighted by Gasteiger charge is 2.12. The summed E-state index contributed by atoms with van der Waals surface area (Å²) < 4.78 is 0. The first-order valence-corrected chi connectivity index (χ1v) is 7.98. The molecular weight excluding hydrogens is 248 g/mol. The molecule has 3 heteroatoms. The number of piperidine rings is 1. The van der Waals surface area contributed by atoms with Gasteiger partial charge in [0.2, 0.25) is 0 Å². The lowest BCUT2D eigenvalue weighted by molar-refractivity contribution is 0.158. The van der Waals surface area contributed by atoms with E-state index in [1.165, 1.54) is 37.9 Å². The number of benzene rings is 1. The van der Waals surface area contributed by atoms with Crippen LogP contribution in [0.15, 0.2) is 30.3 Å². The Hall–Kier alpha value is -0.900. The number of aliphatic hydroxyl groups excluding tert-OH is 1. The van der Waals surface area contributed by atoms with Gasteiger partial charge >= 0.3 is 0 Å². The Morgan fingerprint density at radius 3 is 2.40 bits per heavy atom. The maximum Gasteiger partial charge on any atom is 0.0558 e. The van der Waals surface area contributed by atoms with Crippen molar-refractivity contribution in [2.75, 3.05) is 45.9 Å². The molecule has 1 fully saturated rings. The minimum absolute atomic E-state index is 0.259. The summed E-state index contributed by atoms with van der Waals surface area (Å²) in [6, 6.07) is 10.6. The van der Waals surface area contributed by atoms with Gasteiger partial charge in [-0.05, 0) is 37.9 Å². The van der Waals surface area contributed by atoms with Crippen LogP contribution in [0.3, 0.4) is 0 Å². The van der Waals surface area contributed by atoms with Gasteiger partial charge in [-0.25, -0.2) is 0 Å². The van der Waals surface area contributed by atoms with Crippen LogP contribution in [0.1, 0.15) is 24.8 Å². The molecule has 0 unspecified atom stereocenters. The summed E-state index contributed by atoms with van der Waals surface area (Å²) in [4.78, 5) is 4.96. The van der Waals surface area contributed by atoms with E-state index in [4.69, 9.17) is 0 Å². The van der Waals surface area contributed by atoms with Crippen LogP contribution in [0.2, 0.25) is 0 Å². The lowest BCUT2D eigenvalue weighted by atomic mass is 10.1. The molecule has 1 heterocycles. The van der Waals surface area contributed by atoms with E-state index in [2.05, 4.69) is 40.1 Å². The highest BCUT2D eigenvalue weighted by Crippen LogP contribution is 2.08. The average molecular weight is 276 g/mol. The highest BCUT2D eigenvalue weighted by molar-refractivity contribution is 5.14. The van der Waals surface area contributed by atoms with Gasteiger partial charge in [-0.15, -0.1) is 0 Å². The first-order chi connectivity index (χ1) is 9.88. The fourth-order valence-corrected chi connectivity index (χ4v) is 2.87. The van der Waals surface area contributed by atoms with Crippen LogP contribution in [-0.4, -0.2) is 60.8 Å². The molecule has 0 radical (unpaired) electrons. The number of hydrogen-bond donors (Lipinski definition) is 1. The van der Waals surface area contributed by atoms with E-state index in [0.717, 1.165) is 32.6 Å². The fraction of sp³-hybridized carbons (Fsp3) is 0.647. The number of aliphatic hydroxyl groups is 1. The van der Waals surface area contributed by atoms with Gasteiger partial charge in [0.15, 0.2) is 0 Å². The maximum atomic E-state index is 9.22. The molecule has 1 aromatic carbocycles. The van der Waals surface area contributed by atoms with Crippen LogP contribution in [0.25, 0.3) is 0 Å². The average Bonchev–Trinajstić information content (AvgIpc) is 2.52. The van der Waals surface area contributed by atoms with Gasteiger partial charge in [0, 0.05) is 26.2 Å². The van der Waals surface area contributed by atoms with Crippen molar-refractivity contribution in [1.82, 2.24) is 9.80 Å². The van der Waals surface area contributed by atoms with Gasteiger partial charge in [0.05, 0.1) is 6.61 Å². The van der Waals surface area contributed by atoms with E-state index >= 15 is 0 Å². The minimum atomic E-state index is 0.259. The van der Waals surface area contributed by atoms with E-state index in [1.54, 1.807) is 0 Å². The first kappa shape index (κ1) is 15.5. The molecule has 0 spiro atoms. The number of hydrogen-bond acceptors (Lipinski definition) is 3. The molecule has 2 rings (SSSR count). The molecule has 1 aliphatic rings. The molecule has 3 nitrogen and oxygen atoms in total. The van der Waals surface area contributed by atoms with E-state index in [9.17, 15) is 5.11 Å². The number of nitrogens with zero attached hydrogens (tertiary/aromatic N) is 2. The van der Waals surface area contributed by atoms with Crippen molar-refractivity contribution in [2.45, 2.75) is 25.7 Å². The van der Waals surface area contributed by atoms with E-state index in [0.29, 0.717) is 0 Å². The molecule has 0 amide bonds. The maximum absolute atomic E-state index is 9.22. The summed E-state index contributed by atoms with van der Waals surface area (Å²) in [5.41, 5.74) is 1.38. The van der Waals surface area contributed by atoms with Gasteiger partial charge in [-0.2, -0.15) is 0 Å². The van der Waals surface area contributed by atoms with E-state index in [1.807, 2.05) is 0 Å². The Morgan fingerprint density at radius 2 is 1.70 bits per heavy atom. The zero-order valence-corrected chi connectivity index (χ0v) is 12.5. The summed E-state index contributed by atoms with van der Waals surface area (Å²) in [6.07, 6.45) is 5.17. The summed E-state index contributed by atoms with van der Waals surface area (Å²) >= 11 is 0. The molecule has 1 N–H and O–H groups in total. The number of rotatable bonds is 8. The normalized spacial score (nSPS) is 16.7. The van der Waals surface area contributed by atoms with Crippen molar-refractivity contribution in [3.63, 3.8) is 0 Å². The van der Waals surface area contributed by atoms with Crippen molar-refractivity contribution >= 4 is 0 Å². The van der Waals surface area contributed by atoms with Crippen LogP contribution in [0, 0.1) is 0 Å². The molecule has 1 aromatic rings. The van der Waals surface area contributed by atoms with Gasteiger partial charge < -0.3 is 10.0 Å². The molecule has 0 atom stereocenters. The highest BCUT2D eigenvalue weighted by atomic mass is 16.3. The SMILES string of the molecule is OCCN(CCc1ccccc1)CCN1CCCCC1. The summed E-state index contributed by atoms with van der Waals surface area (Å²) in [6.45, 7) is 6.83. The Kier molecular flexibility index (Phi) is 7.06. The lowest BCUT2D eigenvalue weighted by Crippen LogP contribution is -2.39. The third-order valence-corrected chi connectivity index (χ3v) is 4.16. The Balaban J connectivity index is 1.71. The van der Waals surface area contributed by atoms with Crippen molar-refractivity contribution in [1.29, 1.82) is 0 Å². The summed E-state index contributed by atoms with van der Waals surface area (Å²) in [5, 5.41) is 9.22. The molecule has 0 aromatic heterocycles. The molecule has 0 saturated carbocycles. The van der Waals surface area contributed by atoms with Crippen LogP contribution in [-0.2, 0) is 6.42 Å². The zero-order chi connectivity index (χ0) is 14.0. The standard InChI is InChI=1S/C17H28N2O/c20-16-15-19(12-9-17-7-3-1-4-8-17)14-13-18-10-5-2-6-11-18/h1,3-4,7-8,20H,2,5-6,9-16H2. The molecule has 0 bridgehead atoms. The summed E-state index contributed by atoms with van der Waals surface area (Å²) in [5.74, 6) is 0. The second-order valence-corrected chi connectivity index (χ2v) is 5.70. The molecule has 20 heavy (non-hydrogen) atoms. The third kappa shape index (κ3) is 5.61. The molecule has 112 valence electrons. The molecule has 1 aliphatic heterocycles. The van der Waals surface area contributed by atoms with E-state index in [-0.39, 0.29) is 6.61 Å². The van der Waals surface area contributed by atoms with Gasteiger partial charge in [0.25, 0.3) is 0 Å². The van der Waals surface area contributed by atoms with Crippen LogP contribution >= 0.6 is 0 Å². The summed E-state index contributed by atoms with van der Waals surface area (Å²) in [7, 11) is 0. The predicted octanol–water partition coefficient (Wildman–Crippen LogP) is 2.01. The fourth-order valence-electron chi connectivity index (χ4n) is 2.87. The second-order valence-electron chi connectivity index (χ2n) is 5.70. The Bertz CT molecular complexity index is 349. The van der Waals surface area contributed by atoms with Gasteiger partial charge in [-0.3, -0.25) is 4.90 Å². The molecule has 1 saturated heterocycles. The second kappa shape index (κ2) is 9.11. The van der Waals surface area contributed by atoms with Crippen LogP contribution in [0.5, 0.6) is 0 Å². The van der Waals surface area contributed by atoms with Crippen LogP contribution < -0.4 is 0 Å². The molecule has 0 aliphatic carbocycles. The Labute approximate surface area is 123 Å². The van der Waals surface area contributed by atoms with Crippen molar-refractivity contribution < 1.29 is 5.11 Å².